The Labute approximate surface area is 106 Å². The van der Waals surface area contributed by atoms with Crippen molar-refractivity contribution in [2.24, 2.45) is 0 Å². The van der Waals surface area contributed by atoms with E-state index in [1.165, 1.54) is 4.68 Å². The molecule has 0 aliphatic heterocycles. The summed E-state index contributed by atoms with van der Waals surface area (Å²) < 4.78 is 6.36. The third-order valence-electron chi connectivity index (χ3n) is 2.50. The molecule has 1 aromatic carbocycles. The molecule has 0 bridgehead atoms. The standard InChI is InChI=1S/C14H16N2O2/c1-2-7-13-15-16(14(17)18-13)11-6-10-12-8-4-3-5-9-12/h3-6,8-10H,2,7,11H2,1H3/b10-6+. The van der Waals surface area contributed by atoms with Crippen LogP contribution in [0.3, 0.4) is 0 Å². The van der Waals surface area contributed by atoms with E-state index in [2.05, 4.69) is 5.10 Å². The number of aromatic nitrogens is 2. The van der Waals surface area contributed by atoms with Crippen LogP contribution in [0.2, 0.25) is 0 Å². The molecule has 0 radical (unpaired) electrons. The molecule has 4 heteroatoms. The number of allylic oxidation sites excluding steroid dienone is 1. The summed E-state index contributed by atoms with van der Waals surface area (Å²) in [5.74, 6) is 0.117. The molecule has 0 atom stereocenters. The fraction of sp³-hybridized carbons (Fsp3) is 0.286. The largest absolute Gasteiger partial charge is 0.437 e. The zero-order valence-corrected chi connectivity index (χ0v) is 10.4. The topological polar surface area (TPSA) is 48.0 Å². The van der Waals surface area contributed by atoms with E-state index in [1.54, 1.807) is 0 Å². The van der Waals surface area contributed by atoms with Crippen LogP contribution in [-0.2, 0) is 13.0 Å². The van der Waals surface area contributed by atoms with E-state index >= 15 is 0 Å². The average Bonchev–Trinajstić information content (AvgIpc) is 2.72. The molecule has 1 aromatic heterocycles. The molecule has 18 heavy (non-hydrogen) atoms. The monoisotopic (exact) mass is 244 g/mol. The summed E-state index contributed by atoms with van der Waals surface area (Å²) in [5, 5.41) is 4.12. The Morgan fingerprint density at radius 2 is 2.11 bits per heavy atom. The number of hydrogen-bond acceptors (Lipinski definition) is 3. The van der Waals surface area contributed by atoms with Crippen LogP contribution in [0.4, 0.5) is 0 Å². The molecule has 0 aliphatic rings. The first-order valence-corrected chi connectivity index (χ1v) is 6.08. The molecule has 0 fully saturated rings. The number of benzene rings is 1. The average molecular weight is 244 g/mol. The number of hydrogen-bond donors (Lipinski definition) is 0. The minimum Gasteiger partial charge on any atom is -0.392 e. The fourth-order valence-electron chi connectivity index (χ4n) is 1.63. The van der Waals surface area contributed by atoms with E-state index in [9.17, 15) is 4.79 Å². The number of aryl methyl sites for hydroxylation is 1. The SMILES string of the molecule is CCCc1nn(C/C=C/c2ccccc2)c(=O)o1. The summed E-state index contributed by atoms with van der Waals surface area (Å²) in [7, 11) is 0. The maximum Gasteiger partial charge on any atom is 0.437 e. The molecule has 0 aliphatic carbocycles. The van der Waals surface area contributed by atoms with Crippen LogP contribution >= 0.6 is 0 Å². The molecule has 0 amide bonds. The van der Waals surface area contributed by atoms with Crippen molar-refractivity contribution >= 4 is 6.08 Å². The van der Waals surface area contributed by atoms with E-state index in [4.69, 9.17) is 4.42 Å². The zero-order chi connectivity index (χ0) is 12.8. The van der Waals surface area contributed by atoms with Gasteiger partial charge < -0.3 is 4.42 Å². The van der Waals surface area contributed by atoms with Gasteiger partial charge in [-0.2, -0.15) is 4.68 Å². The summed E-state index contributed by atoms with van der Waals surface area (Å²) in [5.41, 5.74) is 1.10. The second kappa shape index (κ2) is 6.00. The molecule has 2 aromatic rings. The number of rotatable bonds is 5. The highest BCUT2D eigenvalue weighted by Gasteiger charge is 2.04. The van der Waals surface area contributed by atoms with Gasteiger partial charge in [-0.25, -0.2) is 4.79 Å². The Balaban J connectivity index is 2.02. The third-order valence-corrected chi connectivity index (χ3v) is 2.50. The van der Waals surface area contributed by atoms with Gasteiger partial charge in [-0.05, 0) is 12.0 Å². The maximum absolute atomic E-state index is 11.5. The van der Waals surface area contributed by atoms with Gasteiger partial charge in [0.25, 0.3) is 0 Å². The van der Waals surface area contributed by atoms with Crippen LogP contribution < -0.4 is 5.76 Å². The molecule has 94 valence electrons. The molecule has 0 saturated carbocycles. The third kappa shape index (κ3) is 3.20. The Kier molecular flexibility index (Phi) is 4.12. The smallest absolute Gasteiger partial charge is 0.392 e. The van der Waals surface area contributed by atoms with Crippen molar-refractivity contribution in [3.05, 3.63) is 58.4 Å². The summed E-state index contributed by atoms with van der Waals surface area (Å²) in [6, 6.07) is 9.92. The summed E-state index contributed by atoms with van der Waals surface area (Å²) in [4.78, 5) is 11.5. The van der Waals surface area contributed by atoms with Gasteiger partial charge in [0.15, 0.2) is 0 Å². The molecule has 0 N–H and O–H groups in total. The zero-order valence-electron chi connectivity index (χ0n) is 10.4. The van der Waals surface area contributed by atoms with Crippen molar-refractivity contribution in [2.75, 3.05) is 0 Å². The van der Waals surface area contributed by atoms with Gasteiger partial charge in [-0.1, -0.05) is 49.4 Å². The van der Waals surface area contributed by atoms with E-state index in [0.29, 0.717) is 18.9 Å². The minimum atomic E-state index is -0.392. The van der Waals surface area contributed by atoms with Crippen LogP contribution in [0.1, 0.15) is 24.8 Å². The highest BCUT2D eigenvalue weighted by atomic mass is 16.4. The van der Waals surface area contributed by atoms with Crippen molar-refractivity contribution in [1.29, 1.82) is 0 Å². The second-order valence-corrected chi connectivity index (χ2v) is 4.01. The van der Waals surface area contributed by atoms with Gasteiger partial charge in [-0.3, -0.25) is 0 Å². The second-order valence-electron chi connectivity index (χ2n) is 4.01. The van der Waals surface area contributed by atoms with Crippen LogP contribution in [0, 0.1) is 0 Å². The van der Waals surface area contributed by atoms with Gasteiger partial charge in [0.05, 0.1) is 6.54 Å². The van der Waals surface area contributed by atoms with Gasteiger partial charge in [0, 0.05) is 6.42 Å². The lowest BCUT2D eigenvalue weighted by Crippen LogP contribution is -2.14. The predicted molar refractivity (Wildman–Crippen MR) is 70.2 cm³/mol. The molecular formula is C14H16N2O2. The van der Waals surface area contributed by atoms with Crippen molar-refractivity contribution in [3.63, 3.8) is 0 Å². The van der Waals surface area contributed by atoms with Gasteiger partial charge in [-0.15, -0.1) is 5.10 Å². The lowest BCUT2D eigenvalue weighted by molar-refractivity contribution is 0.449. The lowest BCUT2D eigenvalue weighted by Gasteiger charge is -1.92. The van der Waals surface area contributed by atoms with E-state index < -0.39 is 5.76 Å². The highest BCUT2D eigenvalue weighted by molar-refractivity contribution is 5.48. The van der Waals surface area contributed by atoms with Gasteiger partial charge >= 0.3 is 5.76 Å². The molecular weight excluding hydrogens is 228 g/mol. The first-order chi connectivity index (χ1) is 8.79. The van der Waals surface area contributed by atoms with Crippen molar-refractivity contribution in [2.45, 2.75) is 26.3 Å². The van der Waals surface area contributed by atoms with Crippen molar-refractivity contribution < 1.29 is 4.42 Å². The van der Waals surface area contributed by atoms with E-state index in [-0.39, 0.29) is 0 Å². The normalized spacial score (nSPS) is 11.2. The summed E-state index contributed by atoms with van der Waals surface area (Å²) in [6.07, 6.45) is 5.47. The van der Waals surface area contributed by atoms with Gasteiger partial charge in [0.2, 0.25) is 5.89 Å². The van der Waals surface area contributed by atoms with Crippen LogP contribution in [0.5, 0.6) is 0 Å². The van der Waals surface area contributed by atoms with Crippen molar-refractivity contribution in [1.82, 2.24) is 9.78 Å². The fourth-order valence-corrected chi connectivity index (χ4v) is 1.63. The Hall–Kier alpha value is -2.10. The van der Waals surface area contributed by atoms with Crippen LogP contribution in [0.25, 0.3) is 6.08 Å². The molecule has 1 heterocycles. The van der Waals surface area contributed by atoms with E-state index in [0.717, 1.165) is 12.0 Å². The minimum absolute atomic E-state index is 0.392. The maximum atomic E-state index is 11.5. The van der Waals surface area contributed by atoms with Crippen LogP contribution in [0.15, 0.2) is 45.6 Å². The molecule has 0 saturated heterocycles. The summed E-state index contributed by atoms with van der Waals surface area (Å²) >= 11 is 0. The summed E-state index contributed by atoms with van der Waals surface area (Å²) in [6.45, 7) is 2.45. The first kappa shape index (κ1) is 12.4. The lowest BCUT2D eigenvalue weighted by atomic mass is 10.2. The molecule has 2 rings (SSSR count). The Morgan fingerprint density at radius 3 is 2.83 bits per heavy atom. The first-order valence-electron chi connectivity index (χ1n) is 6.08. The van der Waals surface area contributed by atoms with Crippen LogP contribution in [-0.4, -0.2) is 9.78 Å². The number of nitrogens with zero attached hydrogens (tertiary/aromatic N) is 2. The Morgan fingerprint density at radius 1 is 1.33 bits per heavy atom. The molecule has 0 spiro atoms. The molecule has 4 nitrogen and oxygen atoms in total. The van der Waals surface area contributed by atoms with E-state index in [1.807, 2.05) is 49.4 Å². The highest BCUT2D eigenvalue weighted by Crippen LogP contribution is 2.01. The van der Waals surface area contributed by atoms with Crippen molar-refractivity contribution in [3.8, 4) is 0 Å². The van der Waals surface area contributed by atoms with Gasteiger partial charge in [0.1, 0.15) is 0 Å². The molecule has 0 unspecified atom stereocenters. The predicted octanol–water partition coefficient (Wildman–Crippen LogP) is 2.50. The Bertz CT molecular complexity index is 567. The quantitative estimate of drug-likeness (QED) is 0.812.